The molecule has 2 aromatic carbocycles. The summed E-state index contributed by atoms with van der Waals surface area (Å²) in [5.74, 6) is -1.30. The lowest BCUT2D eigenvalue weighted by Gasteiger charge is -2.10. The lowest BCUT2D eigenvalue weighted by Crippen LogP contribution is -2.28. The Labute approximate surface area is 162 Å². The number of halogens is 1. The van der Waals surface area contributed by atoms with Crippen LogP contribution in [0.2, 0.25) is 5.02 Å². The van der Waals surface area contributed by atoms with Crippen molar-refractivity contribution >= 4 is 33.5 Å². The van der Waals surface area contributed by atoms with Gasteiger partial charge < -0.3 is 10.1 Å². The van der Waals surface area contributed by atoms with Crippen LogP contribution in [-0.4, -0.2) is 33.9 Å². The zero-order chi connectivity index (χ0) is 20.0. The number of rotatable bonds is 7. The number of aryl methyl sites for hydroxylation is 1. The number of amides is 1. The minimum absolute atomic E-state index is 0.0278. The number of hydrogen-bond acceptors (Lipinski definition) is 5. The summed E-state index contributed by atoms with van der Waals surface area (Å²) in [6.07, 6.45) is 0. The molecule has 0 saturated heterocycles. The Kier molecular flexibility index (Phi) is 6.95. The molecule has 0 heterocycles. The van der Waals surface area contributed by atoms with E-state index in [1.54, 1.807) is 0 Å². The lowest BCUT2D eigenvalue weighted by molar-refractivity contribution is -0.124. The molecule has 27 heavy (non-hydrogen) atoms. The molecule has 2 aromatic rings. The van der Waals surface area contributed by atoms with Gasteiger partial charge in [-0.25, -0.2) is 17.9 Å². The summed E-state index contributed by atoms with van der Waals surface area (Å²) in [4.78, 5) is 23.7. The molecule has 9 heteroatoms. The molecule has 1 amide bonds. The van der Waals surface area contributed by atoms with Crippen LogP contribution in [0.4, 0.5) is 0 Å². The minimum Gasteiger partial charge on any atom is -0.452 e. The van der Waals surface area contributed by atoms with Gasteiger partial charge in [-0.1, -0.05) is 35.9 Å². The van der Waals surface area contributed by atoms with Gasteiger partial charge in [0.05, 0.1) is 10.6 Å². The molecule has 0 saturated carbocycles. The smallest absolute Gasteiger partial charge is 0.338 e. The number of ether oxygens (including phenoxy) is 1. The predicted octanol–water partition coefficient (Wildman–Crippen LogP) is 2.03. The van der Waals surface area contributed by atoms with Gasteiger partial charge in [0, 0.05) is 6.54 Å². The number of hydrogen-bond donors (Lipinski definition) is 2. The van der Waals surface area contributed by atoms with E-state index < -0.39 is 28.5 Å². The van der Waals surface area contributed by atoms with Gasteiger partial charge in [-0.15, -0.1) is 0 Å². The minimum atomic E-state index is -3.83. The van der Waals surface area contributed by atoms with Crippen LogP contribution < -0.4 is 10.0 Å². The average molecular weight is 411 g/mol. The van der Waals surface area contributed by atoms with E-state index in [2.05, 4.69) is 10.0 Å². The molecule has 0 aliphatic heterocycles. The van der Waals surface area contributed by atoms with Crippen molar-refractivity contribution in [2.24, 2.45) is 0 Å². The van der Waals surface area contributed by atoms with E-state index in [0.717, 1.165) is 17.2 Å². The molecule has 0 aromatic heterocycles. The summed E-state index contributed by atoms with van der Waals surface area (Å²) < 4.78 is 30.9. The first-order valence-electron chi connectivity index (χ1n) is 7.96. The fraction of sp³-hybridized carbons (Fsp3) is 0.222. The van der Waals surface area contributed by atoms with Crippen molar-refractivity contribution in [3.63, 3.8) is 0 Å². The third-order valence-corrected chi connectivity index (χ3v) is 5.69. The van der Waals surface area contributed by atoms with Crippen molar-refractivity contribution in [2.75, 3.05) is 13.7 Å². The van der Waals surface area contributed by atoms with E-state index >= 15 is 0 Å². The fourth-order valence-electron chi connectivity index (χ4n) is 2.21. The van der Waals surface area contributed by atoms with Crippen LogP contribution in [0.1, 0.15) is 21.5 Å². The first-order chi connectivity index (χ1) is 12.7. The molecule has 0 aliphatic rings. The normalized spacial score (nSPS) is 11.1. The van der Waals surface area contributed by atoms with Crippen molar-refractivity contribution < 1.29 is 22.7 Å². The maximum atomic E-state index is 12.1. The quantitative estimate of drug-likeness (QED) is 0.680. The highest BCUT2D eigenvalue weighted by Gasteiger charge is 2.19. The molecule has 2 rings (SSSR count). The Morgan fingerprint density at radius 3 is 2.52 bits per heavy atom. The highest BCUT2D eigenvalue weighted by atomic mass is 35.5. The molecular formula is C18H19ClN2O5S. The molecule has 0 aliphatic carbocycles. The zero-order valence-corrected chi connectivity index (χ0v) is 16.4. The summed E-state index contributed by atoms with van der Waals surface area (Å²) in [7, 11) is -2.60. The molecule has 0 spiro atoms. The van der Waals surface area contributed by atoms with Crippen LogP contribution in [0.15, 0.2) is 47.4 Å². The van der Waals surface area contributed by atoms with Crippen molar-refractivity contribution in [1.82, 2.24) is 10.0 Å². The summed E-state index contributed by atoms with van der Waals surface area (Å²) >= 11 is 5.87. The van der Waals surface area contributed by atoms with Crippen LogP contribution in [0.5, 0.6) is 0 Å². The molecule has 7 nitrogen and oxygen atoms in total. The van der Waals surface area contributed by atoms with E-state index in [-0.39, 0.29) is 15.5 Å². The van der Waals surface area contributed by atoms with Gasteiger partial charge in [0.1, 0.15) is 4.90 Å². The van der Waals surface area contributed by atoms with Crippen LogP contribution >= 0.6 is 11.6 Å². The molecule has 0 bridgehead atoms. The third-order valence-electron chi connectivity index (χ3n) is 3.80. The van der Waals surface area contributed by atoms with E-state index in [4.69, 9.17) is 16.3 Å². The van der Waals surface area contributed by atoms with Gasteiger partial charge in [0.15, 0.2) is 6.61 Å². The second-order valence-electron chi connectivity index (χ2n) is 5.63. The largest absolute Gasteiger partial charge is 0.452 e. The highest BCUT2D eigenvalue weighted by molar-refractivity contribution is 7.89. The summed E-state index contributed by atoms with van der Waals surface area (Å²) in [5.41, 5.74) is 1.96. The van der Waals surface area contributed by atoms with Gasteiger partial charge in [0.2, 0.25) is 10.0 Å². The van der Waals surface area contributed by atoms with Gasteiger partial charge in [-0.3, -0.25) is 4.79 Å². The Bertz CT molecular complexity index is 960. The van der Waals surface area contributed by atoms with Crippen LogP contribution in [0.3, 0.4) is 0 Å². The first-order valence-corrected chi connectivity index (χ1v) is 9.82. The number of carbonyl (C=O) groups excluding carboxylic acids is 2. The molecule has 144 valence electrons. The summed E-state index contributed by atoms with van der Waals surface area (Å²) in [6.45, 7) is 1.76. The third kappa shape index (κ3) is 5.53. The van der Waals surface area contributed by atoms with E-state index in [1.165, 1.54) is 19.2 Å². The van der Waals surface area contributed by atoms with Gasteiger partial charge in [-0.2, -0.15) is 0 Å². The second kappa shape index (κ2) is 8.98. The Balaban J connectivity index is 1.96. The molecular weight excluding hydrogens is 392 g/mol. The van der Waals surface area contributed by atoms with Crippen LogP contribution in [-0.2, 0) is 26.1 Å². The van der Waals surface area contributed by atoms with E-state index in [9.17, 15) is 18.0 Å². The maximum absolute atomic E-state index is 12.1. The molecule has 2 N–H and O–H groups in total. The number of sulfonamides is 1. The zero-order valence-electron chi connectivity index (χ0n) is 14.8. The monoisotopic (exact) mass is 410 g/mol. The Hall–Kier alpha value is -2.42. The first kappa shape index (κ1) is 20.9. The lowest BCUT2D eigenvalue weighted by atomic mass is 10.1. The predicted molar refractivity (Wildman–Crippen MR) is 101 cm³/mol. The van der Waals surface area contributed by atoms with Crippen molar-refractivity contribution in [2.45, 2.75) is 18.4 Å². The van der Waals surface area contributed by atoms with E-state index in [0.29, 0.717) is 6.54 Å². The highest BCUT2D eigenvalue weighted by Crippen LogP contribution is 2.22. The van der Waals surface area contributed by atoms with Crippen molar-refractivity contribution in [3.8, 4) is 0 Å². The van der Waals surface area contributed by atoms with Gasteiger partial charge >= 0.3 is 5.97 Å². The number of esters is 1. The van der Waals surface area contributed by atoms with Crippen LogP contribution in [0.25, 0.3) is 0 Å². The molecule has 0 unspecified atom stereocenters. The SMILES string of the molecule is CNS(=O)(=O)c1cc(C(=O)OCC(=O)NCc2ccccc2C)ccc1Cl. The number of benzene rings is 2. The molecule has 0 radical (unpaired) electrons. The molecule has 0 fully saturated rings. The number of nitrogens with one attached hydrogen (secondary N) is 2. The average Bonchev–Trinajstić information content (AvgIpc) is 2.65. The Morgan fingerprint density at radius 1 is 1.15 bits per heavy atom. The second-order valence-corrected chi connectivity index (χ2v) is 7.89. The van der Waals surface area contributed by atoms with Gasteiger partial charge in [-0.05, 0) is 43.3 Å². The maximum Gasteiger partial charge on any atom is 0.338 e. The standard InChI is InChI=1S/C18H19ClN2O5S/c1-12-5-3-4-6-14(12)10-21-17(22)11-26-18(23)13-7-8-15(19)16(9-13)27(24,25)20-2/h3-9,20H,10-11H2,1-2H3,(H,21,22). The Morgan fingerprint density at radius 2 is 1.85 bits per heavy atom. The summed E-state index contributed by atoms with van der Waals surface area (Å²) in [6, 6.07) is 11.3. The van der Waals surface area contributed by atoms with Gasteiger partial charge in [0.25, 0.3) is 5.91 Å². The fourth-order valence-corrected chi connectivity index (χ4v) is 3.46. The van der Waals surface area contributed by atoms with Crippen molar-refractivity contribution in [3.05, 3.63) is 64.2 Å². The summed E-state index contributed by atoms with van der Waals surface area (Å²) in [5, 5.41) is 2.63. The number of carbonyl (C=O) groups is 2. The van der Waals surface area contributed by atoms with Crippen molar-refractivity contribution in [1.29, 1.82) is 0 Å². The molecule has 0 atom stereocenters. The van der Waals surface area contributed by atoms with E-state index in [1.807, 2.05) is 31.2 Å². The van der Waals surface area contributed by atoms with Crippen LogP contribution in [0, 0.1) is 6.92 Å². The topological polar surface area (TPSA) is 102 Å².